The van der Waals surface area contributed by atoms with Gasteiger partial charge < -0.3 is 72.2 Å². The van der Waals surface area contributed by atoms with Crippen molar-refractivity contribution in [2.75, 3.05) is 33.2 Å². The van der Waals surface area contributed by atoms with Crippen molar-refractivity contribution in [3.8, 4) is 10.4 Å². The predicted molar refractivity (Wildman–Crippen MR) is 337 cm³/mol. The molecule has 92 heavy (non-hydrogen) atoms. The minimum atomic E-state index is -5.89. The summed E-state index contributed by atoms with van der Waals surface area (Å²) < 4.78 is 40.7. The minimum absolute atomic E-state index is 0.00300. The number of aromatic amines is 1. The van der Waals surface area contributed by atoms with Gasteiger partial charge in [-0.25, -0.2) is 4.98 Å². The van der Waals surface area contributed by atoms with E-state index in [1.54, 1.807) is 63.7 Å². The molecule has 12 N–H and O–H groups in total. The molecule has 5 aromatic rings. The zero-order valence-electron chi connectivity index (χ0n) is 52.1. The Morgan fingerprint density at radius 2 is 1.54 bits per heavy atom. The first-order valence-corrected chi connectivity index (χ1v) is 33.1. The number of carbonyl (C=O) groups is 9. The first kappa shape index (κ1) is 69.9. The number of aliphatic hydroxyl groups is 1. The van der Waals surface area contributed by atoms with E-state index in [0.717, 1.165) is 39.9 Å². The number of aryl methyl sites for hydroxylation is 1. The molecule has 0 radical (unpaired) electrons. The number of aromatic nitrogens is 2. The van der Waals surface area contributed by atoms with Gasteiger partial charge in [0, 0.05) is 61.4 Å². The van der Waals surface area contributed by atoms with Gasteiger partial charge in [0.2, 0.25) is 47.3 Å². The number of benzene rings is 3. The summed E-state index contributed by atoms with van der Waals surface area (Å²) in [5, 5.41) is 27.6. The van der Waals surface area contributed by atoms with Crippen LogP contribution in [0, 0.1) is 12.3 Å². The van der Waals surface area contributed by atoms with Gasteiger partial charge in [0.05, 0.1) is 28.2 Å². The molecule has 0 bridgehead atoms. The van der Waals surface area contributed by atoms with Gasteiger partial charge in [-0.1, -0.05) is 87.9 Å². The first-order valence-electron chi connectivity index (χ1n) is 30.6. The third kappa shape index (κ3) is 17.0. The number of H-pyrrole nitrogens is 1. The largest absolute Gasteiger partial charge is 0.399 e. The van der Waals surface area contributed by atoms with Crippen LogP contribution in [0.15, 0.2) is 84.4 Å². The molecule has 0 unspecified atom stereocenters. The monoisotopic (exact) mass is 1310 g/mol. The summed E-state index contributed by atoms with van der Waals surface area (Å²) in [5.41, 5.74) is 4.23. The molecule has 9 atom stereocenters. The van der Waals surface area contributed by atoms with Crippen molar-refractivity contribution in [2.45, 2.75) is 159 Å². The molecular formula is C63H81F2N12O13PS. The fourth-order valence-electron chi connectivity index (χ4n) is 11.9. The summed E-state index contributed by atoms with van der Waals surface area (Å²) in [6, 6.07) is 12.0. The number of halogens is 2. The SMILES string of the molecule is Cc1ncsc1-c1ccc([C@H](C)NC(=O)[C@@H]2C[C@@H](O)CN2C(=O)[C@@H](NC(=O)CCCCCNC(=O)[C@@H](NC(=O)[C@H](CCC(N)=O)NC(=O)[C@@H]2CC[C@@H]3CCN(C)C[C@H](NC(=O)c4cc5cc(C(F)(F)P(=O)(O)O)ccc5[nH]4)C(=O)N32)c2ccccc2)C(C)(C)C)cc1. The summed E-state index contributed by atoms with van der Waals surface area (Å²) in [5.74, 6) is -5.76. The summed E-state index contributed by atoms with van der Waals surface area (Å²) >= 11 is 1.54. The lowest BCUT2D eigenvalue weighted by atomic mass is 9.85. The maximum absolute atomic E-state index is 14.6. The molecule has 3 aliphatic heterocycles. The summed E-state index contributed by atoms with van der Waals surface area (Å²) in [4.78, 5) is 156. The summed E-state index contributed by atoms with van der Waals surface area (Å²) in [6.45, 7) is 9.65. The molecule has 0 aliphatic carbocycles. The van der Waals surface area contributed by atoms with Crippen molar-refractivity contribution in [2.24, 2.45) is 11.1 Å². The highest BCUT2D eigenvalue weighted by molar-refractivity contribution is 7.52. The highest BCUT2D eigenvalue weighted by Crippen LogP contribution is 2.59. The number of fused-ring (bicyclic) bond motifs is 2. The second kappa shape index (κ2) is 29.7. The zero-order chi connectivity index (χ0) is 67.0. The average molecular weight is 1320 g/mol. The van der Waals surface area contributed by atoms with Gasteiger partial charge in [-0.3, -0.25) is 47.7 Å². The molecule has 496 valence electrons. The molecule has 29 heteroatoms. The number of thiazole rings is 1. The maximum Gasteiger partial charge on any atom is 0.399 e. The topological polar surface area (TPSA) is 368 Å². The van der Waals surface area contributed by atoms with Crippen LogP contribution in [0.2, 0.25) is 0 Å². The van der Waals surface area contributed by atoms with Crippen molar-refractivity contribution < 1.29 is 71.4 Å². The third-order valence-electron chi connectivity index (χ3n) is 17.0. The molecule has 0 saturated carbocycles. The number of alkyl halides is 2. The van der Waals surface area contributed by atoms with Crippen LogP contribution >= 0.6 is 18.9 Å². The highest BCUT2D eigenvalue weighted by atomic mass is 32.1. The fourth-order valence-corrected chi connectivity index (χ4v) is 13.2. The van der Waals surface area contributed by atoms with Gasteiger partial charge in [-0.05, 0) is 106 Å². The molecule has 3 fully saturated rings. The van der Waals surface area contributed by atoms with Gasteiger partial charge >= 0.3 is 13.3 Å². The molecule has 25 nitrogen and oxygen atoms in total. The number of hydrogen-bond donors (Lipinski definition) is 11. The van der Waals surface area contributed by atoms with E-state index in [2.05, 4.69) is 41.9 Å². The van der Waals surface area contributed by atoms with Crippen LogP contribution in [0.5, 0.6) is 0 Å². The van der Waals surface area contributed by atoms with Crippen LogP contribution in [-0.2, 0) is 48.6 Å². The number of primary amides is 1. The minimum Gasteiger partial charge on any atom is -0.391 e. The maximum atomic E-state index is 14.6. The Hall–Kier alpha value is -8.01. The third-order valence-corrected chi connectivity index (χ3v) is 19.0. The number of rotatable bonds is 25. The first-order chi connectivity index (χ1) is 43.4. The fraction of sp³-hybridized carbons (Fsp3) is 0.492. The molecule has 0 spiro atoms. The van der Waals surface area contributed by atoms with Gasteiger partial charge in [0.1, 0.15) is 41.9 Å². The zero-order valence-corrected chi connectivity index (χ0v) is 53.8. The smallest absolute Gasteiger partial charge is 0.391 e. The van der Waals surface area contributed by atoms with E-state index in [-0.39, 0.29) is 68.3 Å². The van der Waals surface area contributed by atoms with Crippen LogP contribution in [0.3, 0.4) is 0 Å². The van der Waals surface area contributed by atoms with E-state index < -0.39 is 132 Å². The molecule has 2 aromatic heterocycles. The Morgan fingerprint density at radius 3 is 2.21 bits per heavy atom. The number of aliphatic hydroxyl groups excluding tert-OH is 1. The van der Waals surface area contributed by atoms with E-state index in [9.17, 15) is 71.4 Å². The quantitative estimate of drug-likeness (QED) is 0.0287. The Bertz CT molecular complexity index is 3580. The summed E-state index contributed by atoms with van der Waals surface area (Å²) in [7, 11) is -4.15. The Labute approximate surface area is 534 Å². The molecule has 3 aliphatic rings. The van der Waals surface area contributed by atoms with Gasteiger partial charge in [0.25, 0.3) is 5.91 Å². The number of β-amino-alcohol motifs (C(OH)–C–C–N with tert-alkyl or cyclic N) is 1. The van der Waals surface area contributed by atoms with E-state index in [1.807, 2.05) is 43.0 Å². The predicted octanol–water partition coefficient (Wildman–Crippen LogP) is 4.27. The van der Waals surface area contributed by atoms with Crippen molar-refractivity contribution in [1.82, 2.24) is 56.6 Å². The molecule has 3 aromatic carbocycles. The number of hydrogen-bond acceptors (Lipinski definition) is 14. The lowest BCUT2D eigenvalue weighted by molar-refractivity contribution is -0.144. The van der Waals surface area contributed by atoms with E-state index in [4.69, 9.17) is 5.73 Å². The molecule has 8 rings (SSSR count). The Kier molecular flexibility index (Phi) is 22.6. The molecule has 5 heterocycles. The van der Waals surface area contributed by atoms with E-state index in [0.29, 0.717) is 44.2 Å². The normalized spacial score (nSPS) is 20.2. The number of amides is 9. The number of likely N-dealkylation sites (tertiary alicyclic amines) is 1. The standard InChI is InChI=1S/C63H81F2N12O13PS/c1-35(37-16-18-39(19-17-37)53-36(2)68-34-92-53)69-58(84)49-31-43(78)32-76(49)61(87)54(62(3,4)5)73-51(80)15-11-8-12-27-67-59(85)52(38-13-9-7-10-14-38)74-55(81)45(23-25-50(66)79)71-57(83)48-24-21-42-26-28-75(6)33-47(60(86)77(42)48)72-56(82)46-30-40-29-41(20-22-44(40)70-46)63(64,65)91(88,89)90/h7,9-10,13-14,16-20,22,29-30,34-35,42-43,45,47-49,52,54,70,78H,8,11-12,15,21,23-28,31-33H2,1-6H3,(H2,66,79)(H,67,85)(H,69,84)(H,71,83)(H,72,82)(H,73,80)(H,74,81)(H2,88,89,90)/t35-,42+,43+,45-,47-,48-,49-,52-,54+/m0/s1. The number of nitrogens with one attached hydrogen (secondary N) is 7. The molecule has 3 saturated heterocycles. The number of unbranched alkanes of at least 4 members (excludes halogenated alkanes) is 2. The van der Waals surface area contributed by atoms with Gasteiger partial charge in [-0.15, -0.1) is 11.3 Å². The van der Waals surface area contributed by atoms with Crippen molar-refractivity contribution in [1.29, 1.82) is 0 Å². The van der Waals surface area contributed by atoms with Gasteiger partial charge in [0.15, 0.2) is 0 Å². The summed E-state index contributed by atoms with van der Waals surface area (Å²) in [6.07, 6.45) is 0.690. The Balaban J connectivity index is 0.846. The number of nitrogens with zero attached hydrogens (tertiary/aromatic N) is 4. The second-order valence-electron chi connectivity index (χ2n) is 25.0. The number of likely N-dealkylation sites (N-methyl/N-ethyl adjacent to an activating group) is 1. The highest BCUT2D eigenvalue weighted by Gasteiger charge is 2.51. The van der Waals surface area contributed by atoms with Crippen LogP contribution in [0.25, 0.3) is 21.3 Å². The molecular weight excluding hydrogens is 1230 g/mol. The number of nitrogens with two attached hydrogens (primary N) is 1. The lowest BCUT2D eigenvalue weighted by Crippen LogP contribution is -2.61. The average Bonchev–Trinajstić information content (AvgIpc) is 1.56. The van der Waals surface area contributed by atoms with Crippen LogP contribution in [0.4, 0.5) is 8.78 Å². The van der Waals surface area contributed by atoms with Gasteiger partial charge in [-0.2, -0.15) is 8.78 Å². The lowest BCUT2D eigenvalue weighted by Gasteiger charge is -2.38. The Morgan fingerprint density at radius 1 is 0.837 bits per heavy atom. The van der Waals surface area contributed by atoms with Crippen LogP contribution in [-0.4, -0.2) is 168 Å². The van der Waals surface area contributed by atoms with E-state index in [1.165, 1.54) is 27.2 Å². The van der Waals surface area contributed by atoms with Crippen molar-refractivity contribution in [3.63, 3.8) is 0 Å². The second-order valence-corrected chi connectivity index (χ2v) is 27.5. The van der Waals surface area contributed by atoms with Crippen LogP contribution < -0.4 is 37.6 Å². The van der Waals surface area contributed by atoms with Crippen molar-refractivity contribution in [3.05, 3.63) is 112 Å². The van der Waals surface area contributed by atoms with Crippen LogP contribution in [0.1, 0.15) is 137 Å². The number of carbonyl (C=O) groups excluding carboxylic acids is 9. The van der Waals surface area contributed by atoms with E-state index >= 15 is 0 Å². The van der Waals surface area contributed by atoms with Crippen molar-refractivity contribution >= 4 is 83.0 Å². The molecule has 9 amide bonds.